The van der Waals surface area contributed by atoms with Crippen molar-refractivity contribution in [3.05, 3.63) is 0 Å². The highest BCUT2D eigenvalue weighted by molar-refractivity contribution is 5.70. The summed E-state index contributed by atoms with van der Waals surface area (Å²) in [5.41, 5.74) is 0. The number of unbranched alkanes of at least 4 members (excludes halogenated alkanes) is 5. The third-order valence-corrected chi connectivity index (χ3v) is 3.92. The fourth-order valence-corrected chi connectivity index (χ4v) is 2.50. The number of hydrogen-bond donors (Lipinski definition) is 0. The molecule has 0 radical (unpaired) electrons. The number of ether oxygens (including phenoxy) is 2. The Kier molecular flexibility index (Phi) is 16.0. The molecular formula is C22H38O4. The molecule has 0 spiro atoms. The number of hydrogen-bond acceptors (Lipinski definition) is 4. The zero-order chi connectivity index (χ0) is 19.6. The lowest BCUT2D eigenvalue weighted by Crippen LogP contribution is -2.18. The van der Waals surface area contributed by atoms with Crippen LogP contribution in [0.2, 0.25) is 0 Å². The van der Waals surface area contributed by atoms with Gasteiger partial charge in [-0.05, 0) is 31.6 Å². The Bertz CT molecular complexity index is 431. The summed E-state index contributed by atoms with van der Waals surface area (Å²) in [6, 6.07) is 0. The molecule has 0 rings (SSSR count). The van der Waals surface area contributed by atoms with Crippen molar-refractivity contribution in [2.45, 2.75) is 104 Å². The summed E-state index contributed by atoms with van der Waals surface area (Å²) in [4.78, 5) is 23.6. The monoisotopic (exact) mass is 366 g/mol. The molecule has 0 aromatic carbocycles. The van der Waals surface area contributed by atoms with Crippen LogP contribution in [-0.2, 0) is 19.1 Å². The van der Waals surface area contributed by atoms with Gasteiger partial charge in [-0.2, -0.15) is 0 Å². The third-order valence-electron chi connectivity index (χ3n) is 3.92. The first-order valence-electron chi connectivity index (χ1n) is 10.3. The molecule has 0 aliphatic heterocycles. The van der Waals surface area contributed by atoms with E-state index in [1.54, 1.807) is 0 Å². The molecule has 0 saturated carbocycles. The van der Waals surface area contributed by atoms with Crippen LogP contribution >= 0.6 is 0 Å². The average Bonchev–Trinajstić information content (AvgIpc) is 2.59. The SMILES string of the molecule is CCC#CC(CC(C)C)OC(=O)CCCCC(=O)OCCCCCCC. The fourth-order valence-electron chi connectivity index (χ4n) is 2.50. The first-order valence-corrected chi connectivity index (χ1v) is 10.3. The molecule has 0 aliphatic rings. The largest absolute Gasteiger partial charge is 0.466 e. The molecule has 4 nitrogen and oxygen atoms in total. The standard InChI is InChI=1S/C22H38O4/c1-5-7-9-10-13-17-25-21(23)15-11-12-16-22(24)26-20(14-8-6-2)18-19(3)4/h19-20H,5-7,9-13,15-18H2,1-4H3. The quantitative estimate of drug-likeness (QED) is 0.234. The van der Waals surface area contributed by atoms with E-state index >= 15 is 0 Å². The second-order valence-corrected chi connectivity index (χ2v) is 7.12. The second-order valence-electron chi connectivity index (χ2n) is 7.12. The Hall–Kier alpha value is -1.50. The van der Waals surface area contributed by atoms with Crippen LogP contribution < -0.4 is 0 Å². The van der Waals surface area contributed by atoms with Gasteiger partial charge in [0.2, 0.25) is 0 Å². The van der Waals surface area contributed by atoms with Crippen molar-refractivity contribution >= 4 is 11.9 Å². The predicted molar refractivity (Wildman–Crippen MR) is 106 cm³/mol. The molecule has 0 N–H and O–H groups in total. The van der Waals surface area contributed by atoms with E-state index in [2.05, 4.69) is 32.6 Å². The van der Waals surface area contributed by atoms with Crippen molar-refractivity contribution in [1.82, 2.24) is 0 Å². The Morgan fingerprint density at radius 3 is 2.15 bits per heavy atom. The van der Waals surface area contributed by atoms with Crippen LogP contribution in [0.1, 0.15) is 98.3 Å². The Balaban J connectivity index is 3.80. The van der Waals surface area contributed by atoms with Gasteiger partial charge in [0.05, 0.1) is 6.61 Å². The molecule has 0 saturated heterocycles. The van der Waals surface area contributed by atoms with Crippen molar-refractivity contribution in [3.8, 4) is 11.8 Å². The molecule has 4 heteroatoms. The highest BCUT2D eigenvalue weighted by Gasteiger charge is 2.14. The molecule has 150 valence electrons. The number of esters is 2. The minimum absolute atomic E-state index is 0.166. The summed E-state index contributed by atoms with van der Waals surface area (Å²) >= 11 is 0. The highest BCUT2D eigenvalue weighted by atomic mass is 16.5. The van der Waals surface area contributed by atoms with E-state index in [0.29, 0.717) is 38.2 Å². The van der Waals surface area contributed by atoms with Gasteiger partial charge in [-0.3, -0.25) is 9.59 Å². The Morgan fingerprint density at radius 1 is 0.885 bits per heavy atom. The van der Waals surface area contributed by atoms with Crippen LogP contribution in [0, 0.1) is 17.8 Å². The molecule has 0 amide bonds. The summed E-state index contributed by atoms with van der Waals surface area (Å²) in [5, 5.41) is 0. The van der Waals surface area contributed by atoms with Crippen molar-refractivity contribution in [2.24, 2.45) is 5.92 Å². The molecule has 0 heterocycles. The molecular weight excluding hydrogens is 328 g/mol. The zero-order valence-corrected chi connectivity index (χ0v) is 17.3. The molecule has 0 bridgehead atoms. The van der Waals surface area contributed by atoms with E-state index in [0.717, 1.165) is 25.7 Å². The van der Waals surface area contributed by atoms with Gasteiger partial charge in [-0.15, -0.1) is 0 Å². The van der Waals surface area contributed by atoms with E-state index in [4.69, 9.17) is 9.47 Å². The van der Waals surface area contributed by atoms with Crippen molar-refractivity contribution < 1.29 is 19.1 Å². The molecule has 0 fully saturated rings. The molecule has 1 unspecified atom stereocenters. The first kappa shape index (κ1) is 24.5. The van der Waals surface area contributed by atoms with Gasteiger partial charge in [0.1, 0.15) is 0 Å². The second kappa shape index (κ2) is 16.9. The van der Waals surface area contributed by atoms with E-state index < -0.39 is 0 Å². The summed E-state index contributed by atoms with van der Waals surface area (Å²) in [6.45, 7) is 8.84. The van der Waals surface area contributed by atoms with Crippen LogP contribution in [-0.4, -0.2) is 24.6 Å². The van der Waals surface area contributed by atoms with E-state index in [9.17, 15) is 9.59 Å². The Labute approximate surface area is 160 Å². The average molecular weight is 367 g/mol. The van der Waals surface area contributed by atoms with Crippen LogP contribution in [0.5, 0.6) is 0 Å². The maximum Gasteiger partial charge on any atom is 0.307 e. The highest BCUT2D eigenvalue weighted by Crippen LogP contribution is 2.11. The first-order chi connectivity index (χ1) is 12.5. The van der Waals surface area contributed by atoms with E-state index in [1.807, 2.05) is 6.92 Å². The minimum atomic E-state index is -0.319. The van der Waals surface area contributed by atoms with Crippen LogP contribution in [0.15, 0.2) is 0 Å². The number of carbonyl (C=O) groups is 2. The van der Waals surface area contributed by atoms with Crippen molar-refractivity contribution in [2.75, 3.05) is 6.61 Å². The van der Waals surface area contributed by atoms with Gasteiger partial charge in [0.15, 0.2) is 6.10 Å². The topological polar surface area (TPSA) is 52.6 Å². The van der Waals surface area contributed by atoms with Gasteiger partial charge in [-0.1, -0.05) is 65.2 Å². The summed E-state index contributed by atoms with van der Waals surface area (Å²) in [5.74, 6) is 6.03. The van der Waals surface area contributed by atoms with Gasteiger partial charge < -0.3 is 9.47 Å². The van der Waals surface area contributed by atoms with Crippen LogP contribution in [0.3, 0.4) is 0 Å². The fraction of sp³-hybridized carbons (Fsp3) is 0.818. The normalized spacial score (nSPS) is 11.6. The van der Waals surface area contributed by atoms with Gasteiger partial charge >= 0.3 is 11.9 Å². The summed E-state index contributed by atoms with van der Waals surface area (Å²) < 4.78 is 10.7. The van der Waals surface area contributed by atoms with Crippen molar-refractivity contribution in [1.29, 1.82) is 0 Å². The lowest BCUT2D eigenvalue weighted by atomic mass is 10.1. The lowest BCUT2D eigenvalue weighted by Gasteiger charge is -2.14. The van der Waals surface area contributed by atoms with Crippen LogP contribution in [0.25, 0.3) is 0 Å². The smallest absolute Gasteiger partial charge is 0.307 e. The summed E-state index contributed by atoms with van der Waals surface area (Å²) in [6.07, 6.45) is 8.89. The van der Waals surface area contributed by atoms with Crippen LogP contribution in [0.4, 0.5) is 0 Å². The third kappa shape index (κ3) is 16.0. The molecule has 0 aliphatic carbocycles. The lowest BCUT2D eigenvalue weighted by molar-refractivity contribution is -0.148. The van der Waals surface area contributed by atoms with Gasteiger partial charge in [0.25, 0.3) is 0 Å². The molecule has 26 heavy (non-hydrogen) atoms. The summed E-state index contributed by atoms with van der Waals surface area (Å²) in [7, 11) is 0. The predicted octanol–water partition coefficient (Wildman–Crippen LogP) is 5.43. The molecule has 1 atom stereocenters. The maximum atomic E-state index is 11.9. The van der Waals surface area contributed by atoms with E-state index in [-0.39, 0.29) is 18.0 Å². The van der Waals surface area contributed by atoms with E-state index in [1.165, 1.54) is 19.3 Å². The van der Waals surface area contributed by atoms with Crippen molar-refractivity contribution in [3.63, 3.8) is 0 Å². The molecule has 0 aromatic heterocycles. The van der Waals surface area contributed by atoms with Gasteiger partial charge in [0, 0.05) is 19.3 Å². The van der Waals surface area contributed by atoms with Gasteiger partial charge in [-0.25, -0.2) is 0 Å². The maximum absolute atomic E-state index is 11.9. The number of carbonyl (C=O) groups excluding carboxylic acids is 2. The minimum Gasteiger partial charge on any atom is -0.466 e. The zero-order valence-electron chi connectivity index (χ0n) is 17.3. The number of rotatable bonds is 14. The molecule has 0 aromatic rings. The Morgan fingerprint density at radius 2 is 1.54 bits per heavy atom.